The van der Waals surface area contributed by atoms with Crippen LogP contribution in [0.2, 0.25) is 0 Å². The third-order valence-electron chi connectivity index (χ3n) is 2.41. The van der Waals surface area contributed by atoms with Crippen molar-refractivity contribution in [3.8, 4) is 0 Å². The number of benzene rings is 1. The Morgan fingerprint density at radius 2 is 1.88 bits per heavy atom. The largest absolute Gasteiger partial charge is 0.357 e. The number of ether oxygens (including phenoxy) is 1. The number of hydrogen-bond donors (Lipinski definition) is 1. The summed E-state index contributed by atoms with van der Waals surface area (Å²) in [5.74, 6) is 0. The van der Waals surface area contributed by atoms with E-state index in [9.17, 15) is 9.59 Å². The monoisotopic (exact) mass is 232 g/mol. The van der Waals surface area contributed by atoms with Crippen molar-refractivity contribution >= 4 is 0 Å². The van der Waals surface area contributed by atoms with Gasteiger partial charge in [-0.3, -0.25) is 14.3 Å². The molecule has 1 aromatic heterocycles. The van der Waals surface area contributed by atoms with Crippen molar-refractivity contribution in [1.82, 2.24) is 9.55 Å². The average molecular weight is 232 g/mol. The van der Waals surface area contributed by atoms with Crippen molar-refractivity contribution in [2.45, 2.75) is 6.23 Å². The number of hydrogen-bond acceptors (Lipinski definition) is 3. The third kappa shape index (κ3) is 2.34. The van der Waals surface area contributed by atoms with E-state index in [1.54, 1.807) is 0 Å². The molecule has 17 heavy (non-hydrogen) atoms. The molecule has 0 saturated heterocycles. The van der Waals surface area contributed by atoms with Crippen LogP contribution in [0.25, 0.3) is 0 Å². The first kappa shape index (κ1) is 11.3. The van der Waals surface area contributed by atoms with Crippen LogP contribution in [-0.2, 0) is 4.74 Å². The summed E-state index contributed by atoms with van der Waals surface area (Å²) in [5, 5.41) is 0. The molecular weight excluding hydrogens is 220 g/mol. The normalized spacial score (nSPS) is 12.3. The maximum atomic E-state index is 11.6. The summed E-state index contributed by atoms with van der Waals surface area (Å²) in [6.07, 6.45) is 0.878. The second-order valence-corrected chi connectivity index (χ2v) is 3.52. The van der Waals surface area contributed by atoms with Crippen molar-refractivity contribution in [2.75, 3.05) is 7.11 Å². The second kappa shape index (κ2) is 4.80. The minimum Gasteiger partial charge on any atom is -0.357 e. The molecule has 0 fully saturated rings. The number of nitrogens with zero attached hydrogens (tertiary/aromatic N) is 1. The summed E-state index contributed by atoms with van der Waals surface area (Å²) in [6.45, 7) is 0. The first-order valence-corrected chi connectivity index (χ1v) is 5.11. The lowest BCUT2D eigenvalue weighted by atomic mass is 10.2. The minimum atomic E-state index is -0.541. The molecule has 0 spiro atoms. The van der Waals surface area contributed by atoms with Crippen molar-refractivity contribution in [3.63, 3.8) is 0 Å². The lowest BCUT2D eigenvalue weighted by molar-refractivity contribution is 0.0742. The first-order valence-electron chi connectivity index (χ1n) is 5.11. The summed E-state index contributed by atoms with van der Waals surface area (Å²) < 4.78 is 6.61. The molecular formula is C12H12N2O3. The van der Waals surface area contributed by atoms with Gasteiger partial charge in [0.2, 0.25) is 0 Å². The van der Waals surface area contributed by atoms with Gasteiger partial charge in [0.1, 0.15) is 0 Å². The number of H-pyrrole nitrogens is 1. The summed E-state index contributed by atoms with van der Waals surface area (Å²) in [7, 11) is 1.51. The SMILES string of the molecule is COC(c1ccccc1)n1ccc(=O)[nH]c1=O. The van der Waals surface area contributed by atoms with Crippen LogP contribution in [0.3, 0.4) is 0 Å². The Morgan fingerprint density at radius 1 is 1.18 bits per heavy atom. The highest BCUT2D eigenvalue weighted by molar-refractivity contribution is 5.18. The van der Waals surface area contributed by atoms with Gasteiger partial charge >= 0.3 is 5.69 Å². The average Bonchev–Trinajstić information content (AvgIpc) is 2.34. The van der Waals surface area contributed by atoms with Gasteiger partial charge in [-0.2, -0.15) is 0 Å². The molecule has 1 aromatic carbocycles. The van der Waals surface area contributed by atoms with Gasteiger partial charge in [-0.25, -0.2) is 4.79 Å². The van der Waals surface area contributed by atoms with E-state index in [0.717, 1.165) is 5.56 Å². The van der Waals surface area contributed by atoms with Crippen LogP contribution in [0, 0.1) is 0 Å². The zero-order chi connectivity index (χ0) is 12.3. The molecule has 0 radical (unpaired) electrons. The molecule has 5 heteroatoms. The molecule has 1 N–H and O–H groups in total. The summed E-state index contributed by atoms with van der Waals surface area (Å²) in [6, 6.07) is 10.6. The van der Waals surface area contributed by atoms with Gasteiger partial charge < -0.3 is 4.74 Å². The standard InChI is InChI=1S/C12H12N2O3/c1-17-11(9-5-3-2-4-6-9)14-8-7-10(15)13-12(14)16/h2-8,11H,1H3,(H,13,15,16). The quantitative estimate of drug-likeness (QED) is 0.848. The number of methoxy groups -OCH3 is 1. The van der Waals surface area contributed by atoms with E-state index >= 15 is 0 Å². The van der Waals surface area contributed by atoms with Gasteiger partial charge in [-0.15, -0.1) is 0 Å². The van der Waals surface area contributed by atoms with Crippen molar-refractivity contribution in [3.05, 3.63) is 69.0 Å². The second-order valence-electron chi connectivity index (χ2n) is 3.52. The van der Waals surface area contributed by atoms with E-state index in [0.29, 0.717) is 0 Å². The van der Waals surface area contributed by atoms with Crippen molar-refractivity contribution in [2.24, 2.45) is 0 Å². The van der Waals surface area contributed by atoms with E-state index in [1.165, 1.54) is 23.9 Å². The molecule has 1 atom stereocenters. The van der Waals surface area contributed by atoms with Crippen LogP contribution >= 0.6 is 0 Å². The molecule has 5 nitrogen and oxygen atoms in total. The van der Waals surface area contributed by atoms with Gasteiger partial charge in [-0.05, 0) is 0 Å². The van der Waals surface area contributed by atoms with Crippen LogP contribution in [0.1, 0.15) is 11.8 Å². The van der Waals surface area contributed by atoms with E-state index in [-0.39, 0.29) is 0 Å². The highest BCUT2D eigenvalue weighted by Gasteiger charge is 2.13. The van der Waals surface area contributed by atoms with Gasteiger partial charge in [0.05, 0.1) is 0 Å². The Hall–Kier alpha value is -2.14. The Balaban J connectivity index is 2.50. The predicted octanol–water partition coefficient (Wildman–Crippen LogP) is 0.730. The Bertz CT molecular complexity index is 601. The molecule has 2 aromatic rings. The molecule has 1 unspecified atom stereocenters. The number of aromatic nitrogens is 2. The van der Waals surface area contributed by atoms with E-state index < -0.39 is 17.5 Å². The van der Waals surface area contributed by atoms with Gasteiger partial charge in [0.15, 0.2) is 6.23 Å². The molecule has 88 valence electrons. The van der Waals surface area contributed by atoms with Crippen LogP contribution in [-0.4, -0.2) is 16.7 Å². The molecule has 0 saturated carbocycles. The van der Waals surface area contributed by atoms with Crippen molar-refractivity contribution < 1.29 is 4.74 Å². The van der Waals surface area contributed by atoms with Crippen LogP contribution < -0.4 is 11.2 Å². The van der Waals surface area contributed by atoms with Crippen LogP contribution in [0.4, 0.5) is 0 Å². The van der Waals surface area contributed by atoms with E-state index in [2.05, 4.69) is 4.98 Å². The molecule has 0 aliphatic heterocycles. The van der Waals surface area contributed by atoms with E-state index in [4.69, 9.17) is 4.74 Å². The van der Waals surface area contributed by atoms with Gasteiger partial charge in [0, 0.05) is 24.9 Å². The van der Waals surface area contributed by atoms with Gasteiger partial charge in [0.25, 0.3) is 5.56 Å². The molecule has 1 heterocycles. The van der Waals surface area contributed by atoms with Crippen molar-refractivity contribution in [1.29, 1.82) is 0 Å². The maximum Gasteiger partial charge on any atom is 0.330 e. The third-order valence-corrected chi connectivity index (χ3v) is 2.41. The number of aromatic amines is 1. The fourth-order valence-electron chi connectivity index (χ4n) is 1.64. The summed E-state index contributed by atoms with van der Waals surface area (Å²) >= 11 is 0. The number of nitrogens with one attached hydrogen (secondary N) is 1. The minimum absolute atomic E-state index is 0.422. The fraction of sp³-hybridized carbons (Fsp3) is 0.167. The zero-order valence-electron chi connectivity index (χ0n) is 9.29. The smallest absolute Gasteiger partial charge is 0.330 e. The molecule has 0 aliphatic carbocycles. The zero-order valence-corrected chi connectivity index (χ0v) is 9.29. The molecule has 0 aliphatic rings. The Kier molecular flexibility index (Phi) is 3.20. The van der Waals surface area contributed by atoms with Gasteiger partial charge in [-0.1, -0.05) is 30.3 Å². The predicted molar refractivity (Wildman–Crippen MR) is 62.9 cm³/mol. The lowest BCUT2D eigenvalue weighted by Gasteiger charge is -2.17. The topological polar surface area (TPSA) is 64.1 Å². The fourth-order valence-corrected chi connectivity index (χ4v) is 1.64. The van der Waals surface area contributed by atoms with Crippen LogP contribution in [0.5, 0.6) is 0 Å². The van der Waals surface area contributed by atoms with E-state index in [1.807, 2.05) is 30.3 Å². The molecule has 0 amide bonds. The molecule has 0 bridgehead atoms. The highest BCUT2D eigenvalue weighted by atomic mass is 16.5. The van der Waals surface area contributed by atoms with Crippen LogP contribution in [0.15, 0.2) is 52.2 Å². The maximum absolute atomic E-state index is 11.6. The summed E-state index contributed by atoms with van der Waals surface area (Å²) in [4.78, 5) is 24.8. The summed E-state index contributed by atoms with van der Waals surface area (Å²) in [5.41, 5.74) is -0.0773. The highest BCUT2D eigenvalue weighted by Crippen LogP contribution is 2.15. The Morgan fingerprint density at radius 3 is 2.47 bits per heavy atom. The number of rotatable bonds is 3. The first-order chi connectivity index (χ1) is 8.22. The Labute approximate surface area is 97.3 Å². The lowest BCUT2D eigenvalue weighted by Crippen LogP contribution is -2.32. The molecule has 2 rings (SSSR count).